The van der Waals surface area contributed by atoms with E-state index in [4.69, 9.17) is 44.6 Å². The molecule has 0 spiro atoms. The molecule has 3 nitrogen and oxygen atoms in total. The van der Waals surface area contributed by atoms with Crippen molar-refractivity contribution in [3.63, 3.8) is 0 Å². The Kier molecular flexibility index (Phi) is 4.57. The minimum atomic E-state index is -4.21. The molecule has 1 atom stereocenters. The molecule has 0 aromatic carbocycles. The Bertz CT molecular complexity index is 144. The predicted molar refractivity (Wildman–Crippen MR) is 41.8 cm³/mol. The summed E-state index contributed by atoms with van der Waals surface area (Å²) in [6.45, 7) is 0. The summed E-state index contributed by atoms with van der Waals surface area (Å²) < 4.78 is 10.3. The molecule has 62 valence electrons. The van der Waals surface area contributed by atoms with Crippen molar-refractivity contribution in [1.82, 2.24) is 0 Å². The highest BCUT2D eigenvalue weighted by Gasteiger charge is 2.27. The van der Waals surface area contributed by atoms with Gasteiger partial charge in [-0.15, -0.1) is 34.8 Å². The van der Waals surface area contributed by atoms with Crippen molar-refractivity contribution in [2.24, 2.45) is 0 Å². The van der Waals surface area contributed by atoms with Crippen molar-refractivity contribution < 1.29 is 14.4 Å². The molecule has 0 rings (SSSR count). The van der Waals surface area contributed by atoms with Gasteiger partial charge in [-0.2, -0.15) is 0 Å². The van der Waals surface area contributed by atoms with E-state index in [2.05, 4.69) is 0 Å². The highest BCUT2D eigenvalue weighted by atomic mass is 35.5. The lowest BCUT2D eigenvalue weighted by atomic mass is 10.6. The van der Waals surface area contributed by atoms with Gasteiger partial charge in [0.05, 0.1) is 0 Å². The standard InChI is InChI=1S/C3H6Cl3O3P/c4-2(5)1-3(6)10(7,8)9/h2-3H,1H2,(H2,7,8,9). The molecule has 0 aromatic heterocycles. The van der Waals surface area contributed by atoms with Crippen molar-refractivity contribution in [2.45, 2.75) is 16.4 Å². The van der Waals surface area contributed by atoms with Gasteiger partial charge < -0.3 is 9.79 Å². The van der Waals surface area contributed by atoms with Crippen LogP contribution in [0.3, 0.4) is 0 Å². The molecule has 0 amide bonds. The maximum Gasteiger partial charge on any atom is 0.343 e. The minimum absolute atomic E-state index is 0.116. The zero-order valence-corrected chi connectivity index (χ0v) is 7.91. The SMILES string of the molecule is O=P(O)(O)C(Cl)CC(Cl)Cl. The molecule has 0 bridgehead atoms. The van der Waals surface area contributed by atoms with Gasteiger partial charge in [0.1, 0.15) is 9.95 Å². The molecular weight excluding hydrogens is 221 g/mol. The summed E-state index contributed by atoms with van der Waals surface area (Å²) in [5.74, 6) is 0. The summed E-state index contributed by atoms with van der Waals surface area (Å²) in [7, 11) is -4.21. The lowest BCUT2D eigenvalue weighted by Gasteiger charge is -2.10. The third-order valence-electron chi connectivity index (χ3n) is 0.738. The fourth-order valence-corrected chi connectivity index (χ4v) is 1.74. The first-order chi connectivity index (χ1) is 4.34. The maximum absolute atomic E-state index is 10.3. The van der Waals surface area contributed by atoms with Crippen LogP contribution in [0.15, 0.2) is 0 Å². The van der Waals surface area contributed by atoms with E-state index in [1.807, 2.05) is 0 Å². The van der Waals surface area contributed by atoms with Gasteiger partial charge in [0, 0.05) is 6.42 Å². The number of hydrogen-bond acceptors (Lipinski definition) is 1. The van der Waals surface area contributed by atoms with E-state index >= 15 is 0 Å². The van der Waals surface area contributed by atoms with Crippen LogP contribution in [0.25, 0.3) is 0 Å². The molecule has 2 N–H and O–H groups in total. The van der Waals surface area contributed by atoms with Crippen LogP contribution in [-0.4, -0.2) is 19.7 Å². The number of rotatable bonds is 3. The summed E-state index contributed by atoms with van der Waals surface area (Å²) in [4.78, 5) is 16.0. The maximum atomic E-state index is 10.3. The number of hydrogen-bond donors (Lipinski definition) is 2. The normalized spacial score (nSPS) is 15.8. The van der Waals surface area contributed by atoms with Gasteiger partial charge in [-0.25, -0.2) is 0 Å². The molecule has 0 saturated heterocycles. The van der Waals surface area contributed by atoms with Crippen LogP contribution in [0.4, 0.5) is 0 Å². The smallest absolute Gasteiger partial charge is 0.323 e. The minimum Gasteiger partial charge on any atom is -0.323 e. The highest BCUT2D eigenvalue weighted by Crippen LogP contribution is 2.46. The average molecular weight is 227 g/mol. The third-order valence-corrected chi connectivity index (χ3v) is 2.98. The van der Waals surface area contributed by atoms with Crippen molar-refractivity contribution in [3.05, 3.63) is 0 Å². The van der Waals surface area contributed by atoms with E-state index < -0.39 is 17.6 Å². The monoisotopic (exact) mass is 226 g/mol. The van der Waals surface area contributed by atoms with Gasteiger partial charge >= 0.3 is 7.60 Å². The van der Waals surface area contributed by atoms with Gasteiger partial charge in [0.25, 0.3) is 0 Å². The molecule has 0 saturated carbocycles. The number of alkyl halides is 3. The second kappa shape index (κ2) is 4.15. The van der Waals surface area contributed by atoms with Crippen LogP contribution < -0.4 is 0 Å². The molecule has 0 aliphatic rings. The molecule has 1 unspecified atom stereocenters. The average Bonchev–Trinajstić information content (AvgIpc) is 1.60. The summed E-state index contributed by atoms with van der Waals surface area (Å²) >= 11 is 15.7. The third kappa shape index (κ3) is 4.78. The fourth-order valence-electron chi connectivity index (χ4n) is 0.284. The first-order valence-corrected chi connectivity index (χ1v) is 5.30. The molecule has 0 fully saturated rings. The van der Waals surface area contributed by atoms with Crippen molar-refractivity contribution in [2.75, 3.05) is 0 Å². The van der Waals surface area contributed by atoms with Crippen molar-refractivity contribution >= 4 is 42.4 Å². The highest BCUT2D eigenvalue weighted by molar-refractivity contribution is 7.54. The van der Waals surface area contributed by atoms with Gasteiger partial charge in [-0.3, -0.25) is 4.57 Å². The van der Waals surface area contributed by atoms with Gasteiger partial charge in [0.15, 0.2) is 0 Å². The second-order valence-electron chi connectivity index (χ2n) is 1.65. The first kappa shape index (κ1) is 11.0. The predicted octanol–water partition coefficient (Wildman–Crippen LogP) is 1.92. The van der Waals surface area contributed by atoms with E-state index in [1.165, 1.54) is 0 Å². The summed E-state index contributed by atoms with van der Waals surface area (Å²) in [6, 6.07) is 0. The molecule has 0 aliphatic heterocycles. The van der Waals surface area contributed by atoms with Crippen molar-refractivity contribution in [3.8, 4) is 0 Å². The Morgan fingerprint density at radius 3 is 1.80 bits per heavy atom. The van der Waals surface area contributed by atoms with E-state index in [1.54, 1.807) is 0 Å². The second-order valence-corrected chi connectivity index (χ2v) is 5.56. The fraction of sp³-hybridized carbons (Fsp3) is 1.00. The summed E-state index contributed by atoms with van der Waals surface area (Å²) in [6.07, 6.45) is -0.116. The van der Waals surface area contributed by atoms with E-state index in [-0.39, 0.29) is 6.42 Å². The van der Waals surface area contributed by atoms with E-state index in [0.29, 0.717) is 0 Å². The van der Waals surface area contributed by atoms with Crippen LogP contribution in [0.5, 0.6) is 0 Å². The summed E-state index contributed by atoms with van der Waals surface area (Å²) in [5, 5.41) is -1.28. The quantitative estimate of drug-likeness (QED) is 0.572. The Balaban J connectivity index is 3.86. The molecule has 0 aromatic rings. The topological polar surface area (TPSA) is 57.5 Å². The van der Waals surface area contributed by atoms with Crippen LogP contribution in [0.2, 0.25) is 0 Å². The molecular formula is C3H6Cl3O3P. The zero-order chi connectivity index (χ0) is 8.36. The van der Waals surface area contributed by atoms with Gasteiger partial charge in [-0.1, -0.05) is 0 Å². The van der Waals surface area contributed by atoms with Crippen LogP contribution in [0, 0.1) is 0 Å². The lowest BCUT2D eigenvalue weighted by molar-refractivity contribution is 0.367. The molecule has 0 radical (unpaired) electrons. The van der Waals surface area contributed by atoms with Crippen LogP contribution in [-0.2, 0) is 4.57 Å². The van der Waals surface area contributed by atoms with Crippen LogP contribution >= 0.6 is 42.4 Å². The largest absolute Gasteiger partial charge is 0.343 e. The lowest BCUT2D eigenvalue weighted by Crippen LogP contribution is -2.03. The van der Waals surface area contributed by atoms with Gasteiger partial charge in [0.2, 0.25) is 0 Å². The molecule has 0 heterocycles. The molecule has 0 aliphatic carbocycles. The number of halogens is 3. The van der Waals surface area contributed by atoms with E-state index in [0.717, 1.165) is 0 Å². The van der Waals surface area contributed by atoms with E-state index in [9.17, 15) is 4.57 Å². The Labute approximate surface area is 73.4 Å². The Morgan fingerprint density at radius 2 is 1.70 bits per heavy atom. The summed E-state index contributed by atoms with van der Waals surface area (Å²) in [5.41, 5.74) is 0. The van der Waals surface area contributed by atoms with Crippen LogP contribution in [0.1, 0.15) is 6.42 Å². The Hall–Kier alpha value is 1.02. The van der Waals surface area contributed by atoms with Crippen molar-refractivity contribution in [1.29, 1.82) is 0 Å². The molecule has 10 heavy (non-hydrogen) atoms. The zero-order valence-electron chi connectivity index (χ0n) is 4.75. The first-order valence-electron chi connectivity index (χ1n) is 2.31. The Morgan fingerprint density at radius 1 is 1.30 bits per heavy atom. The molecule has 7 heteroatoms. The van der Waals surface area contributed by atoms with Gasteiger partial charge in [-0.05, 0) is 0 Å².